The molecule has 0 amide bonds. The third kappa shape index (κ3) is 3.14. The molecule has 0 bridgehead atoms. The van der Waals surface area contributed by atoms with E-state index < -0.39 is 5.97 Å². The Balaban J connectivity index is 2.51. The van der Waals surface area contributed by atoms with Crippen LogP contribution in [0, 0.1) is 0 Å². The molecule has 4 heteroatoms. The molecule has 1 rings (SSSR count). The number of hydrogen-bond acceptors (Lipinski definition) is 3. The lowest BCUT2D eigenvalue weighted by atomic mass is 10.1. The van der Waals surface area contributed by atoms with Crippen LogP contribution in [0.25, 0.3) is 0 Å². The quantitative estimate of drug-likeness (QED) is 0.690. The Bertz CT molecular complexity index is 295. The Labute approximate surface area is 82.2 Å². The van der Waals surface area contributed by atoms with E-state index in [1.807, 2.05) is 0 Å². The highest BCUT2D eigenvalue weighted by atomic mass is 16.4. The highest BCUT2D eigenvalue weighted by molar-refractivity contribution is 5.87. The van der Waals surface area contributed by atoms with Crippen LogP contribution in [-0.2, 0) is 6.42 Å². The van der Waals surface area contributed by atoms with Crippen molar-refractivity contribution in [1.29, 1.82) is 0 Å². The fourth-order valence-electron chi connectivity index (χ4n) is 1.12. The summed E-state index contributed by atoms with van der Waals surface area (Å²) in [5.74, 6) is -0.959. The van der Waals surface area contributed by atoms with Crippen LogP contribution in [0.15, 0.2) is 18.3 Å². The molecule has 1 heterocycles. The maximum absolute atomic E-state index is 10.5. The molecule has 0 aliphatic carbocycles. The van der Waals surface area contributed by atoms with Crippen LogP contribution in [0.5, 0.6) is 0 Å². The largest absolute Gasteiger partial charge is 0.478 e. The van der Waals surface area contributed by atoms with Crippen molar-refractivity contribution in [3.63, 3.8) is 0 Å². The Kier molecular flexibility index (Phi) is 4.07. The maximum Gasteiger partial charge on any atom is 0.337 e. The van der Waals surface area contributed by atoms with Crippen molar-refractivity contribution in [3.8, 4) is 0 Å². The molecule has 0 saturated carbocycles. The van der Waals surface area contributed by atoms with E-state index in [9.17, 15) is 4.79 Å². The lowest BCUT2D eigenvalue weighted by Crippen LogP contribution is -1.99. The van der Waals surface area contributed by atoms with Crippen LogP contribution in [0.1, 0.15) is 28.9 Å². The number of aromatic carboxylic acids is 1. The fourth-order valence-corrected chi connectivity index (χ4v) is 1.12. The molecule has 0 saturated heterocycles. The van der Waals surface area contributed by atoms with E-state index in [0.29, 0.717) is 0 Å². The number of pyridine rings is 1. The average molecular weight is 195 g/mol. The molecule has 76 valence electrons. The Morgan fingerprint density at radius 2 is 2.14 bits per heavy atom. The second-order valence-corrected chi connectivity index (χ2v) is 3.02. The van der Waals surface area contributed by atoms with Gasteiger partial charge < -0.3 is 10.2 Å². The van der Waals surface area contributed by atoms with Crippen molar-refractivity contribution in [2.75, 3.05) is 6.61 Å². The van der Waals surface area contributed by atoms with Gasteiger partial charge in [-0.15, -0.1) is 0 Å². The van der Waals surface area contributed by atoms with Crippen molar-refractivity contribution in [2.24, 2.45) is 0 Å². The van der Waals surface area contributed by atoms with Gasteiger partial charge in [0.15, 0.2) is 0 Å². The van der Waals surface area contributed by atoms with Gasteiger partial charge in [-0.3, -0.25) is 4.98 Å². The SMILES string of the molecule is O=C(O)c1ccc(CCCCO)nc1. The molecule has 1 aromatic heterocycles. The maximum atomic E-state index is 10.5. The summed E-state index contributed by atoms with van der Waals surface area (Å²) in [5, 5.41) is 17.2. The first kappa shape index (κ1) is 10.7. The summed E-state index contributed by atoms with van der Waals surface area (Å²) < 4.78 is 0. The van der Waals surface area contributed by atoms with E-state index in [2.05, 4.69) is 4.98 Å². The topological polar surface area (TPSA) is 70.4 Å². The number of aliphatic hydroxyl groups excluding tert-OH is 1. The number of unbranched alkanes of at least 4 members (excludes halogenated alkanes) is 1. The number of aromatic nitrogens is 1. The van der Waals surface area contributed by atoms with Crippen LogP contribution in [-0.4, -0.2) is 27.8 Å². The zero-order valence-corrected chi connectivity index (χ0v) is 7.81. The number of hydrogen-bond donors (Lipinski definition) is 2. The second-order valence-electron chi connectivity index (χ2n) is 3.02. The van der Waals surface area contributed by atoms with E-state index in [4.69, 9.17) is 10.2 Å². The van der Waals surface area contributed by atoms with Crippen molar-refractivity contribution in [3.05, 3.63) is 29.6 Å². The molecule has 2 N–H and O–H groups in total. The summed E-state index contributed by atoms with van der Waals surface area (Å²) in [6.45, 7) is 0.188. The molecular weight excluding hydrogens is 182 g/mol. The van der Waals surface area contributed by atoms with Crippen molar-refractivity contribution in [1.82, 2.24) is 4.98 Å². The van der Waals surface area contributed by atoms with Crippen LogP contribution in [0.3, 0.4) is 0 Å². The number of carbonyl (C=O) groups is 1. The monoisotopic (exact) mass is 195 g/mol. The van der Waals surface area contributed by atoms with Crippen molar-refractivity contribution >= 4 is 5.97 Å². The van der Waals surface area contributed by atoms with Gasteiger partial charge in [0.1, 0.15) is 0 Å². The number of rotatable bonds is 5. The summed E-state index contributed by atoms with van der Waals surface area (Å²) in [6.07, 6.45) is 3.76. The number of aliphatic hydroxyl groups is 1. The number of aryl methyl sites for hydroxylation is 1. The van der Waals surface area contributed by atoms with E-state index in [-0.39, 0.29) is 12.2 Å². The summed E-state index contributed by atoms with van der Waals surface area (Å²) in [4.78, 5) is 14.5. The molecule has 1 aromatic rings. The fraction of sp³-hybridized carbons (Fsp3) is 0.400. The summed E-state index contributed by atoms with van der Waals surface area (Å²) in [5.41, 5.74) is 1.07. The van der Waals surface area contributed by atoms with Gasteiger partial charge in [0.2, 0.25) is 0 Å². The van der Waals surface area contributed by atoms with Crippen molar-refractivity contribution < 1.29 is 15.0 Å². The van der Waals surface area contributed by atoms with Crippen molar-refractivity contribution in [2.45, 2.75) is 19.3 Å². The highest BCUT2D eigenvalue weighted by Crippen LogP contribution is 2.04. The molecule has 14 heavy (non-hydrogen) atoms. The van der Waals surface area contributed by atoms with Crippen LogP contribution < -0.4 is 0 Å². The molecule has 0 unspecified atom stereocenters. The molecule has 0 aliphatic rings. The van der Waals surface area contributed by atoms with Gasteiger partial charge in [-0.1, -0.05) is 0 Å². The number of carboxylic acids is 1. The molecule has 0 atom stereocenters. The van der Waals surface area contributed by atoms with Gasteiger partial charge >= 0.3 is 5.97 Å². The number of nitrogens with zero attached hydrogens (tertiary/aromatic N) is 1. The van der Waals surface area contributed by atoms with Crippen LogP contribution >= 0.6 is 0 Å². The van der Waals surface area contributed by atoms with Crippen LogP contribution in [0.4, 0.5) is 0 Å². The lowest BCUT2D eigenvalue weighted by Gasteiger charge is -1.99. The van der Waals surface area contributed by atoms with Gasteiger partial charge in [-0.05, 0) is 31.4 Å². The molecule has 0 aromatic carbocycles. The average Bonchev–Trinajstić information content (AvgIpc) is 2.19. The highest BCUT2D eigenvalue weighted by Gasteiger charge is 2.02. The molecule has 0 radical (unpaired) electrons. The van der Waals surface area contributed by atoms with Gasteiger partial charge in [-0.25, -0.2) is 4.79 Å². The first-order valence-electron chi connectivity index (χ1n) is 4.53. The Morgan fingerprint density at radius 1 is 1.36 bits per heavy atom. The Hall–Kier alpha value is -1.42. The predicted octanol–water partition coefficient (Wildman–Crippen LogP) is 1.09. The van der Waals surface area contributed by atoms with Crippen LogP contribution in [0.2, 0.25) is 0 Å². The zero-order valence-electron chi connectivity index (χ0n) is 7.81. The predicted molar refractivity (Wildman–Crippen MR) is 51.2 cm³/mol. The molecule has 4 nitrogen and oxygen atoms in total. The van der Waals surface area contributed by atoms with Gasteiger partial charge in [-0.2, -0.15) is 0 Å². The summed E-state index contributed by atoms with van der Waals surface area (Å²) >= 11 is 0. The van der Waals surface area contributed by atoms with Gasteiger partial charge in [0, 0.05) is 18.5 Å². The van der Waals surface area contributed by atoms with E-state index in [0.717, 1.165) is 25.0 Å². The first-order valence-corrected chi connectivity index (χ1v) is 4.53. The van der Waals surface area contributed by atoms with Gasteiger partial charge in [0.05, 0.1) is 5.56 Å². The standard InChI is InChI=1S/C10H13NO3/c12-6-2-1-3-9-5-4-8(7-11-9)10(13)14/h4-5,7,12H,1-3,6H2,(H,13,14). The minimum atomic E-state index is -0.959. The Morgan fingerprint density at radius 3 is 2.64 bits per heavy atom. The van der Waals surface area contributed by atoms with E-state index >= 15 is 0 Å². The molecule has 0 spiro atoms. The minimum absolute atomic E-state index is 0.188. The van der Waals surface area contributed by atoms with Gasteiger partial charge in [0.25, 0.3) is 0 Å². The third-order valence-corrected chi connectivity index (χ3v) is 1.91. The lowest BCUT2D eigenvalue weighted by molar-refractivity contribution is 0.0696. The smallest absolute Gasteiger partial charge is 0.337 e. The minimum Gasteiger partial charge on any atom is -0.478 e. The zero-order chi connectivity index (χ0) is 10.4. The summed E-state index contributed by atoms with van der Waals surface area (Å²) in [6, 6.07) is 3.25. The molecular formula is C10H13NO3. The first-order chi connectivity index (χ1) is 6.74. The normalized spacial score (nSPS) is 10.1. The second kappa shape index (κ2) is 5.34. The number of carboxylic acid groups (broad SMARTS) is 1. The summed E-state index contributed by atoms with van der Waals surface area (Å²) in [7, 11) is 0. The van der Waals surface area contributed by atoms with E-state index in [1.165, 1.54) is 6.20 Å². The molecule has 0 fully saturated rings. The molecule has 0 aliphatic heterocycles. The third-order valence-electron chi connectivity index (χ3n) is 1.91. The van der Waals surface area contributed by atoms with E-state index in [1.54, 1.807) is 12.1 Å².